The summed E-state index contributed by atoms with van der Waals surface area (Å²) in [5.41, 5.74) is 1.81. The van der Waals surface area contributed by atoms with Gasteiger partial charge in [-0.05, 0) is 29.8 Å². The molecule has 1 aromatic heterocycles. The van der Waals surface area contributed by atoms with Crippen molar-refractivity contribution in [2.75, 3.05) is 42.9 Å². The van der Waals surface area contributed by atoms with Crippen LogP contribution < -0.4 is 15.6 Å². The highest BCUT2D eigenvalue weighted by Crippen LogP contribution is 2.28. The average molecular weight is 458 g/mol. The van der Waals surface area contributed by atoms with Crippen molar-refractivity contribution in [2.45, 2.75) is 0 Å². The summed E-state index contributed by atoms with van der Waals surface area (Å²) in [4.78, 5) is 30.2. The van der Waals surface area contributed by atoms with Gasteiger partial charge in [-0.3, -0.25) is 19.8 Å². The molecular formula is C27H24FN3O3. The highest BCUT2D eigenvalue weighted by Gasteiger charge is 2.23. The number of carbonyl (C=O) groups is 1. The SMILES string of the molecule is O=C(CN1CCN(c2ccccc2F)CC1)Nc1oc2ccccc2c(=O)c1-c1ccccc1. The number of nitrogens with one attached hydrogen (secondary N) is 1. The predicted octanol–water partition coefficient (Wildman–Crippen LogP) is 4.36. The summed E-state index contributed by atoms with van der Waals surface area (Å²) in [5.74, 6) is -0.367. The minimum absolute atomic E-state index is 0.143. The first-order valence-electron chi connectivity index (χ1n) is 11.2. The molecule has 2 heterocycles. The Labute approximate surface area is 196 Å². The zero-order valence-electron chi connectivity index (χ0n) is 18.5. The number of hydrogen-bond donors (Lipinski definition) is 1. The molecule has 0 radical (unpaired) electrons. The van der Waals surface area contributed by atoms with Crippen LogP contribution in [-0.2, 0) is 4.79 Å². The molecule has 3 aromatic carbocycles. The second kappa shape index (κ2) is 9.49. The first-order valence-corrected chi connectivity index (χ1v) is 11.2. The number of piperazine rings is 1. The molecular weight excluding hydrogens is 433 g/mol. The Morgan fingerprint density at radius 1 is 0.882 bits per heavy atom. The third-order valence-electron chi connectivity index (χ3n) is 6.05. The monoisotopic (exact) mass is 457 g/mol. The Kier molecular flexibility index (Phi) is 6.10. The lowest BCUT2D eigenvalue weighted by Gasteiger charge is -2.35. The van der Waals surface area contributed by atoms with Crippen LogP contribution >= 0.6 is 0 Å². The lowest BCUT2D eigenvalue weighted by molar-refractivity contribution is -0.117. The quantitative estimate of drug-likeness (QED) is 0.483. The fourth-order valence-corrected chi connectivity index (χ4v) is 4.32. The average Bonchev–Trinajstić information content (AvgIpc) is 2.86. The van der Waals surface area contributed by atoms with Crippen molar-refractivity contribution in [3.05, 3.63) is 94.9 Å². The Hall–Kier alpha value is -3.97. The molecule has 0 unspecified atom stereocenters. The summed E-state index contributed by atoms with van der Waals surface area (Å²) in [6.45, 7) is 2.63. The minimum Gasteiger partial charge on any atom is -0.439 e. The van der Waals surface area contributed by atoms with Crippen molar-refractivity contribution in [3.63, 3.8) is 0 Å². The largest absolute Gasteiger partial charge is 0.439 e. The van der Waals surface area contributed by atoms with Gasteiger partial charge in [0.05, 0.1) is 23.2 Å². The Morgan fingerprint density at radius 2 is 1.56 bits per heavy atom. The summed E-state index contributed by atoms with van der Waals surface area (Å²) in [7, 11) is 0. The maximum Gasteiger partial charge on any atom is 0.240 e. The molecule has 1 amide bonds. The lowest BCUT2D eigenvalue weighted by atomic mass is 10.0. The lowest BCUT2D eigenvalue weighted by Crippen LogP contribution is -2.49. The fraction of sp³-hybridized carbons (Fsp3) is 0.185. The second-order valence-corrected chi connectivity index (χ2v) is 8.26. The zero-order chi connectivity index (χ0) is 23.5. The van der Waals surface area contributed by atoms with E-state index in [4.69, 9.17) is 4.42 Å². The first-order chi connectivity index (χ1) is 16.6. The van der Waals surface area contributed by atoms with E-state index in [1.807, 2.05) is 46.2 Å². The molecule has 5 rings (SSSR count). The van der Waals surface area contributed by atoms with Crippen LogP contribution in [0.2, 0.25) is 0 Å². The van der Waals surface area contributed by atoms with Gasteiger partial charge in [0.2, 0.25) is 17.2 Å². The van der Waals surface area contributed by atoms with Gasteiger partial charge in [-0.15, -0.1) is 0 Å². The number of para-hydroxylation sites is 2. The molecule has 172 valence electrons. The second-order valence-electron chi connectivity index (χ2n) is 8.26. The number of rotatable bonds is 5. The molecule has 4 aromatic rings. The summed E-state index contributed by atoms with van der Waals surface area (Å²) in [6, 6.07) is 22.9. The predicted molar refractivity (Wildman–Crippen MR) is 132 cm³/mol. The number of benzene rings is 3. The van der Waals surface area contributed by atoms with E-state index in [0.717, 1.165) is 0 Å². The van der Waals surface area contributed by atoms with Crippen LogP contribution in [0.15, 0.2) is 88.1 Å². The van der Waals surface area contributed by atoms with E-state index in [9.17, 15) is 14.0 Å². The number of anilines is 2. The highest BCUT2D eigenvalue weighted by atomic mass is 19.1. The van der Waals surface area contributed by atoms with E-state index >= 15 is 0 Å². The number of fused-ring (bicyclic) bond motifs is 1. The van der Waals surface area contributed by atoms with Crippen molar-refractivity contribution >= 4 is 28.4 Å². The normalized spacial score (nSPS) is 14.3. The maximum absolute atomic E-state index is 14.1. The summed E-state index contributed by atoms with van der Waals surface area (Å²) in [6.07, 6.45) is 0. The van der Waals surface area contributed by atoms with Crippen LogP contribution in [0.25, 0.3) is 22.1 Å². The minimum atomic E-state index is -0.269. The molecule has 1 aliphatic heterocycles. The molecule has 7 heteroatoms. The Bertz CT molecular complexity index is 1380. The first kappa shape index (κ1) is 21.9. The van der Waals surface area contributed by atoms with Gasteiger partial charge in [0.15, 0.2) is 0 Å². The molecule has 1 aliphatic rings. The summed E-state index contributed by atoms with van der Waals surface area (Å²) < 4.78 is 20.1. The van der Waals surface area contributed by atoms with E-state index < -0.39 is 0 Å². The third-order valence-corrected chi connectivity index (χ3v) is 6.05. The van der Waals surface area contributed by atoms with E-state index in [1.165, 1.54) is 6.07 Å². The molecule has 0 aliphatic carbocycles. The summed E-state index contributed by atoms with van der Waals surface area (Å²) >= 11 is 0. The van der Waals surface area contributed by atoms with E-state index in [0.29, 0.717) is 54.0 Å². The number of carbonyl (C=O) groups excluding carboxylic acids is 1. The number of halogens is 1. The topological polar surface area (TPSA) is 65.8 Å². The van der Waals surface area contributed by atoms with E-state index in [2.05, 4.69) is 5.32 Å². The molecule has 6 nitrogen and oxygen atoms in total. The van der Waals surface area contributed by atoms with Crippen LogP contribution in [0.1, 0.15) is 0 Å². The van der Waals surface area contributed by atoms with Gasteiger partial charge in [0.1, 0.15) is 11.4 Å². The highest BCUT2D eigenvalue weighted by molar-refractivity contribution is 5.97. The van der Waals surface area contributed by atoms with Gasteiger partial charge < -0.3 is 9.32 Å². The van der Waals surface area contributed by atoms with Crippen molar-refractivity contribution < 1.29 is 13.6 Å². The Balaban J connectivity index is 1.33. The van der Waals surface area contributed by atoms with Crippen LogP contribution in [0.4, 0.5) is 16.0 Å². The number of hydrogen-bond acceptors (Lipinski definition) is 5. The standard InChI is InChI=1S/C27H24FN3O3/c28-21-11-5-6-12-22(21)31-16-14-30(15-17-31)18-24(32)29-27-25(19-8-2-1-3-9-19)26(33)20-10-4-7-13-23(20)34-27/h1-13H,14-18H2,(H,29,32). The molecule has 0 saturated carbocycles. The van der Waals surface area contributed by atoms with Gasteiger partial charge in [0, 0.05) is 26.2 Å². The van der Waals surface area contributed by atoms with Crippen molar-refractivity contribution in [3.8, 4) is 11.1 Å². The van der Waals surface area contributed by atoms with Crippen molar-refractivity contribution in [2.24, 2.45) is 0 Å². The maximum atomic E-state index is 14.1. The van der Waals surface area contributed by atoms with Crippen LogP contribution in [0.3, 0.4) is 0 Å². The van der Waals surface area contributed by atoms with E-state index in [1.54, 1.807) is 36.4 Å². The summed E-state index contributed by atoms with van der Waals surface area (Å²) in [5, 5.41) is 3.28. The van der Waals surface area contributed by atoms with Gasteiger partial charge >= 0.3 is 0 Å². The van der Waals surface area contributed by atoms with Crippen molar-refractivity contribution in [1.29, 1.82) is 0 Å². The van der Waals surface area contributed by atoms with E-state index in [-0.39, 0.29) is 29.6 Å². The smallest absolute Gasteiger partial charge is 0.240 e. The van der Waals surface area contributed by atoms with Gasteiger partial charge in [0.25, 0.3) is 0 Å². The zero-order valence-corrected chi connectivity index (χ0v) is 18.5. The number of amides is 1. The van der Waals surface area contributed by atoms with Crippen LogP contribution in [0, 0.1) is 5.82 Å². The third kappa shape index (κ3) is 4.43. The van der Waals surface area contributed by atoms with Crippen LogP contribution in [0.5, 0.6) is 0 Å². The van der Waals surface area contributed by atoms with Gasteiger partial charge in [-0.1, -0.05) is 54.6 Å². The molecule has 0 spiro atoms. The molecule has 34 heavy (non-hydrogen) atoms. The van der Waals surface area contributed by atoms with Crippen LogP contribution in [-0.4, -0.2) is 43.5 Å². The molecule has 1 fully saturated rings. The fourth-order valence-electron chi connectivity index (χ4n) is 4.32. The Morgan fingerprint density at radius 3 is 2.32 bits per heavy atom. The van der Waals surface area contributed by atoms with Gasteiger partial charge in [-0.2, -0.15) is 0 Å². The molecule has 1 saturated heterocycles. The molecule has 0 atom stereocenters. The molecule has 0 bridgehead atoms. The van der Waals surface area contributed by atoms with Gasteiger partial charge in [-0.25, -0.2) is 4.39 Å². The molecule has 1 N–H and O–H groups in total. The van der Waals surface area contributed by atoms with Crippen molar-refractivity contribution in [1.82, 2.24) is 4.90 Å². The number of nitrogens with zero attached hydrogens (tertiary/aromatic N) is 2.